The normalized spacial score (nSPS) is 28.9. The Kier molecular flexibility index (Phi) is 5.62. The van der Waals surface area contributed by atoms with Crippen LogP contribution in [0, 0.1) is 5.41 Å². The molecule has 2 atom stereocenters. The topological polar surface area (TPSA) is 50.8 Å². The lowest BCUT2D eigenvalue weighted by molar-refractivity contribution is 0.0252. The number of hydrogen-bond acceptors (Lipinski definition) is 4. The largest absolute Gasteiger partial charge is 0.444 e. The number of methoxy groups -OCH3 is 1. The zero-order valence-electron chi connectivity index (χ0n) is 15.6. The summed E-state index contributed by atoms with van der Waals surface area (Å²) in [6.07, 6.45) is 4.71. The molecule has 1 N–H and O–H groups in total. The number of carbonyl (C=O) groups excluding carboxylic acids is 1. The maximum absolute atomic E-state index is 12.3. The van der Waals surface area contributed by atoms with Gasteiger partial charge in [0.1, 0.15) is 5.60 Å². The van der Waals surface area contributed by atoms with Crippen LogP contribution in [0.1, 0.15) is 60.3 Å². The number of ether oxygens (including phenoxy) is 2. The van der Waals surface area contributed by atoms with Crippen LogP contribution in [0.4, 0.5) is 4.79 Å². The lowest BCUT2D eigenvalue weighted by Crippen LogP contribution is -2.47. The average molecular weight is 326 g/mol. The van der Waals surface area contributed by atoms with E-state index in [0.717, 1.165) is 0 Å². The van der Waals surface area contributed by atoms with Gasteiger partial charge in [-0.25, -0.2) is 4.79 Å². The van der Waals surface area contributed by atoms with Gasteiger partial charge in [-0.1, -0.05) is 13.8 Å². The van der Waals surface area contributed by atoms with Crippen molar-refractivity contribution in [3.8, 4) is 0 Å². The summed E-state index contributed by atoms with van der Waals surface area (Å²) >= 11 is 0. The molecule has 1 heterocycles. The Morgan fingerprint density at radius 3 is 2.30 bits per heavy atom. The van der Waals surface area contributed by atoms with Crippen molar-refractivity contribution in [3.05, 3.63) is 0 Å². The van der Waals surface area contributed by atoms with E-state index in [1.807, 2.05) is 20.8 Å². The summed E-state index contributed by atoms with van der Waals surface area (Å²) in [4.78, 5) is 14.0. The SMILES string of the molecule is CO[C@H]1CN(C(=O)OC(C)(C)C)CC1NC1CCC(C)(C)CC1. The van der Waals surface area contributed by atoms with E-state index < -0.39 is 5.60 Å². The Hall–Kier alpha value is -0.810. The lowest BCUT2D eigenvalue weighted by atomic mass is 9.75. The Morgan fingerprint density at radius 1 is 1.17 bits per heavy atom. The molecule has 2 rings (SSSR count). The van der Waals surface area contributed by atoms with Crippen molar-refractivity contribution in [2.75, 3.05) is 20.2 Å². The van der Waals surface area contributed by atoms with Crippen LogP contribution in [0.5, 0.6) is 0 Å². The molecule has 1 aliphatic carbocycles. The molecular formula is C18H34N2O3. The first kappa shape index (κ1) is 18.5. The zero-order chi connectivity index (χ0) is 17.3. The second-order valence-corrected chi connectivity index (χ2v) is 8.87. The second kappa shape index (κ2) is 6.98. The van der Waals surface area contributed by atoms with E-state index in [2.05, 4.69) is 19.2 Å². The second-order valence-electron chi connectivity index (χ2n) is 8.87. The highest BCUT2D eigenvalue weighted by molar-refractivity contribution is 5.68. The highest BCUT2D eigenvalue weighted by Crippen LogP contribution is 2.35. The van der Waals surface area contributed by atoms with E-state index in [9.17, 15) is 4.79 Å². The summed E-state index contributed by atoms with van der Waals surface area (Å²) in [5.41, 5.74) is 0.0111. The number of nitrogens with one attached hydrogen (secondary N) is 1. The van der Waals surface area contributed by atoms with Crippen LogP contribution in [-0.4, -0.2) is 55.0 Å². The molecule has 5 heteroatoms. The molecule has 0 radical (unpaired) electrons. The summed E-state index contributed by atoms with van der Waals surface area (Å²) in [6, 6.07) is 0.725. The molecule has 0 aromatic heterocycles. The highest BCUT2D eigenvalue weighted by Gasteiger charge is 2.39. The molecule has 0 aromatic carbocycles. The van der Waals surface area contributed by atoms with Gasteiger partial charge >= 0.3 is 6.09 Å². The van der Waals surface area contributed by atoms with Gasteiger partial charge in [-0.2, -0.15) is 0 Å². The van der Waals surface area contributed by atoms with Gasteiger partial charge in [-0.15, -0.1) is 0 Å². The molecule has 1 saturated heterocycles. The van der Waals surface area contributed by atoms with Crippen molar-refractivity contribution < 1.29 is 14.3 Å². The van der Waals surface area contributed by atoms with Crippen LogP contribution >= 0.6 is 0 Å². The zero-order valence-corrected chi connectivity index (χ0v) is 15.6. The molecule has 1 saturated carbocycles. The molecule has 134 valence electrons. The first-order chi connectivity index (χ1) is 10.6. The van der Waals surface area contributed by atoms with Crippen molar-refractivity contribution in [1.29, 1.82) is 0 Å². The van der Waals surface area contributed by atoms with E-state index in [1.54, 1.807) is 12.0 Å². The Labute approximate surface area is 141 Å². The summed E-state index contributed by atoms with van der Waals surface area (Å²) in [6.45, 7) is 11.6. The van der Waals surface area contributed by atoms with Crippen molar-refractivity contribution in [2.24, 2.45) is 5.41 Å². The smallest absolute Gasteiger partial charge is 0.410 e. The Bertz CT molecular complexity index is 407. The molecule has 2 fully saturated rings. The number of likely N-dealkylation sites (tertiary alicyclic amines) is 1. The Balaban J connectivity index is 1.88. The molecule has 2 aliphatic rings. The third-order valence-corrected chi connectivity index (χ3v) is 5.01. The van der Waals surface area contributed by atoms with Crippen LogP contribution in [0.25, 0.3) is 0 Å². The van der Waals surface area contributed by atoms with Gasteiger partial charge in [-0.3, -0.25) is 0 Å². The molecule has 23 heavy (non-hydrogen) atoms. The van der Waals surface area contributed by atoms with Crippen LogP contribution in [0.2, 0.25) is 0 Å². The van der Waals surface area contributed by atoms with Crippen molar-refractivity contribution >= 4 is 6.09 Å². The molecule has 1 aliphatic heterocycles. The van der Waals surface area contributed by atoms with E-state index in [0.29, 0.717) is 24.5 Å². The molecule has 0 bridgehead atoms. The molecule has 1 unspecified atom stereocenters. The maximum Gasteiger partial charge on any atom is 0.410 e. The average Bonchev–Trinajstić information content (AvgIpc) is 2.82. The fourth-order valence-electron chi connectivity index (χ4n) is 3.52. The summed E-state index contributed by atoms with van der Waals surface area (Å²) in [5.74, 6) is 0. The van der Waals surface area contributed by atoms with Crippen molar-refractivity contribution in [1.82, 2.24) is 10.2 Å². The van der Waals surface area contributed by atoms with Crippen molar-refractivity contribution in [3.63, 3.8) is 0 Å². The number of carbonyl (C=O) groups is 1. The van der Waals surface area contributed by atoms with Crippen molar-refractivity contribution in [2.45, 2.75) is 84.1 Å². The van der Waals surface area contributed by atoms with Crippen LogP contribution in [0.15, 0.2) is 0 Å². The molecular weight excluding hydrogens is 292 g/mol. The highest BCUT2D eigenvalue weighted by atomic mass is 16.6. The first-order valence-corrected chi connectivity index (χ1v) is 8.86. The van der Waals surface area contributed by atoms with Crippen LogP contribution in [0.3, 0.4) is 0 Å². The van der Waals surface area contributed by atoms with E-state index in [-0.39, 0.29) is 18.2 Å². The van der Waals surface area contributed by atoms with E-state index in [4.69, 9.17) is 9.47 Å². The third-order valence-electron chi connectivity index (χ3n) is 5.01. The quantitative estimate of drug-likeness (QED) is 0.865. The number of nitrogens with zero attached hydrogens (tertiary/aromatic N) is 1. The lowest BCUT2D eigenvalue weighted by Gasteiger charge is -2.36. The fourth-order valence-corrected chi connectivity index (χ4v) is 3.52. The van der Waals surface area contributed by atoms with Gasteiger partial charge in [0.2, 0.25) is 0 Å². The van der Waals surface area contributed by atoms with Gasteiger partial charge in [0.25, 0.3) is 0 Å². The fraction of sp³-hybridized carbons (Fsp3) is 0.944. The van der Waals surface area contributed by atoms with E-state index in [1.165, 1.54) is 25.7 Å². The predicted octanol–water partition coefficient (Wildman–Crippen LogP) is 3.18. The number of amides is 1. The van der Waals surface area contributed by atoms with Gasteiger partial charge < -0.3 is 19.7 Å². The molecule has 0 aromatic rings. The summed E-state index contributed by atoms with van der Waals surface area (Å²) in [7, 11) is 1.72. The minimum absolute atomic E-state index is 0.0393. The van der Waals surface area contributed by atoms with Gasteiger partial charge in [0.05, 0.1) is 18.7 Å². The molecule has 5 nitrogen and oxygen atoms in total. The van der Waals surface area contributed by atoms with Crippen LogP contribution in [-0.2, 0) is 9.47 Å². The first-order valence-electron chi connectivity index (χ1n) is 8.86. The monoisotopic (exact) mass is 326 g/mol. The van der Waals surface area contributed by atoms with E-state index >= 15 is 0 Å². The predicted molar refractivity (Wildman–Crippen MR) is 91.6 cm³/mol. The minimum Gasteiger partial charge on any atom is -0.444 e. The molecule has 0 spiro atoms. The summed E-state index contributed by atoms with van der Waals surface area (Å²) < 4.78 is 11.1. The standard InChI is InChI=1S/C18H34N2O3/c1-17(2,3)23-16(21)20-11-14(15(12-20)22-6)19-13-7-9-18(4,5)10-8-13/h13-15,19H,7-12H2,1-6H3/t14?,15-/m0/s1. The number of hydrogen-bond donors (Lipinski definition) is 1. The van der Waals surface area contributed by atoms with Gasteiger partial charge in [0.15, 0.2) is 0 Å². The minimum atomic E-state index is -0.458. The van der Waals surface area contributed by atoms with Crippen LogP contribution < -0.4 is 5.32 Å². The third kappa shape index (κ3) is 5.35. The van der Waals surface area contributed by atoms with Gasteiger partial charge in [-0.05, 0) is 51.9 Å². The summed E-state index contributed by atoms with van der Waals surface area (Å²) in [5, 5.41) is 3.73. The maximum atomic E-state index is 12.3. The Morgan fingerprint density at radius 2 is 1.78 bits per heavy atom. The number of rotatable bonds is 3. The molecule has 1 amide bonds. The van der Waals surface area contributed by atoms with Gasteiger partial charge in [0, 0.05) is 19.7 Å².